The van der Waals surface area contributed by atoms with Crippen molar-refractivity contribution in [2.75, 3.05) is 6.61 Å². The van der Waals surface area contributed by atoms with Crippen LogP contribution in [0.1, 0.15) is 30.2 Å². The van der Waals surface area contributed by atoms with Crippen molar-refractivity contribution in [1.29, 1.82) is 0 Å². The summed E-state index contributed by atoms with van der Waals surface area (Å²) < 4.78 is 1.51. The van der Waals surface area contributed by atoms with Gasteiger partial charge in [-0.15, -0.1) is 5.10 Å². The molecule has 7 heteroatoms. The Bertz CT molecular complexity index is 593. The smallest absolute Gasteiger partial charge is 0.291 e. The lowest BCUT2D eigenvalue weighted by Gasteiger charge is -2.18. The van der Waals surface area contributed by atoms with Crippen molar-refractivity contribution in [3.8, 4) is 0 Å². The topological polar surface area (TPSA) is 92.4 Å². The van der Waals surface area contributed by atoms with Crippen molar-refractivity contribution in [3.63, 3.8) is 0 Å². The molecule has 0 spiro atoms. The van der Waals surface area contributed by atoms with Crippen LogP contribution >= 0.6 is 0 Å². The van der Waals surface area contributed by atoms with Crippen LogP contribution in [-0.2, 0) is 0 Å². The summed E-state index contributed by atoms with van der Waals surface area (Å²) in [6.07, 6.45) is 1.62. The number of nitrogens with one attached hydrogen (secondary N) is 1. The van der Waals surface area contributed by atoms with Crippen molar-refractivity contribution in [3.05, 3.63) is 23.8 Å². The minimum absolute atomic E-state index is 0.0564. The first-order chi connectivity index (χ1) is 9.02. The molecule has 2 N–H and O–H groups in total. The summed E-state index contributed by atoms with van der Waals surface area (Å²) in [5.41, 5.74) is 0.846. The highest BCUT2D eigenvalue weighted by Crippen LogP contribution is 2.04. The molecule has 0 saturated carbocycles. The van der Waals surface area contributed by atoms with E-state index in [1.54, 1.807) is 12.3 Å². The zero-order chi connectivity index (χ0) is 14.0. The Hall–Kier alpha value is -2.02. The Labute approximate surface area is 110 Å². The quantitative estimate of drug-likeness (QED) is 0.821. The van der Waals surface area contributed by atoms with E-state index < -0.39 is 5.91 Å². The third kappa shape index (κ3) is 2.70. The molecular weight excluding hydrogens is 246 g/mol. The maximum atomic E-state index is 12.0. The number of aromatic nitrogens is 4. The average Bonchev–Trinajstić information content (AvgIpc) is 2.80. The summed E-state index contributed by atoms with van der Waals surface area (Å²) in [6.45, 7) is 5.58. The van der Waals surface area contributed by atoms with Crippen molar-refractivity contribution in [1.82, 2.24) is 24.9 Å². The maximum Gasteiger partial charge on any atom is 0.291 e. The SMILES string of the molecule is Cc1ccnc2nc(C(=O)NC(CO)C(C)C)nn12. The van der Waals surface area contributed by atoms with Crippen LogP contribution < -0.4 is 5.32 Å². The van der Waals surface area contributed by atoms with Crippen molar-refractivity contribution >= 4 is 11.7 Å². The number of nitrogens with zero attached hydrogens (tertiary/aromatic N) is 4. The van der Waals surface area contributed by atoms with Gasteiger partial charge in [-0.3, -0.25) is 4.79 Å². The Morgan fingerprint density at radius 3 is 2.84 bits per heavy atom. The predicted molar refractivity (Wildman–Crippen MR) is 68.7 cm³/mol. The van der Waals surface area contributed by atoms with Crippen LogP contribution in [0.5, 0.6) is 0 Å². The first kappa shape index (κ1) is 13.4. The number of carbonyl (C=O) groups is 1. The van der Waals surface area contributed by atoms with E-state index in [-0.39, 0.29) is 24.4 Å². The Kier molecular flexibility index (Phi) is 3.75. The number of rotatable bonds is 4. The summed E-state index contributed by atoms with van der Waals surface area (Å²) >= 11 is 0. The Balaban J connectivity index is 2.24. The third-order valence-corrected chi connectivity index (χ3v) is 2.95. The standard InChI is InChI=1S/C12H17N5O2/c1-7(2)9(6-18)14-11(19)10-15-12-13-5-4-8(3)17(12)16-10/h4-5,7,9,18H,6H2,1-3H3,(H,14,19). The number of carbonyl (C=O) groups excluding carboxylic acids is 1. The zero-order valence-corrected chi connectivity index (χ0v) is 11.2. The van der Waals surface area contributed by atoms with Gasteiger partial charge in [-0.1, -0.05) is 13.8 Å². The number of hydrogen-bond acceptors (Lipinski definition) is 5. The fourth-order valence-electron chi connectivity index (χ4n) is 1.66. The van der Waals surface area contributed by atoms with Gasteiger partial charge in [-0.25, -0.2) is 9.50 Å². The second-order valence-corrected chi connectivity index (χ2v) is 4.74. The molecular formula is C12H17N5O2. The lowest BCUT2D eigenvalue weighted by Crippen LogP contribution is -2.41. The number of hydrogen-bond donors (Lipinski definition) is 2. The minimum Gasteiger partial charge on any atom is -0.394 e. The van der Waals surface area contributed by atoms with E-state index in [2.05, 4.69) is 20.4 Å². The van der Waals surface area contributed by atoms with E-state index in [0.717, 1.165) is 5.69 Å². The van der Waals surface area contributed by atoms with Gasteiger partial charge in [0.05, 0.1) is 12.6 Å². The highest BCUT2D eigenvalue weighted by Gasteiger charge is 2.20. The maximum absolute atomic E-state index is 12.0. The summed E-state index contributed by atoms with van der Waals surface area (Å²) in [4.78, 5) is 20.1. The molecule has 0 saturated heterocycles. The summed E-state index contributed by atoms with van der Waals surface area (Å²) in [5, 5.41) is 16.0. The summed E-state index contributed by atoms with van der Waals surface area (Å²) in [6, 6.07) is 1.47. The molecule has 0 aliphatic carbocycles. The van der Waals surface area contributed by atoms with Crippen LogP contribution in [0.15, 0.2) is 12.3 Å². The molecule has 1 amide bonds. The Morgan fingerprint density at radius 2 is 2.26 bits per heavy atom. The number of amides is 1. The molecule has 2 aromatic heterocycles. The number of aryl methyl sites for hydroxylation is 1. The summed E-state index contributed by atoms with van der Waals surface area (Å²) in [5.74, 6) is 0.166. The molecule has 1 unspecified atom stereocenters. The average molecular weight is 263 g/mol. The molecule has 0 aliphatic heterocycles. The number of aliphatic hydroxyl groups is 1. The highest BCUT2D eigenvalue weighted by molar-refractivity contribution is 5.91. The molecule has 1 atom stereocenters. The second kappa shape index (κ2) is 5.31. The van der Waals surface area contributed by atoms with Gasteiger partial charge in [-0.05, 0) is 18.9 Å². The van der Waals surface area contributed by atoms with Gasteiger partial charge in [0, 0.05) is 11.9 Å². The van der Waals surface area contributed by atoms with Gasteiger partial charge >= 0.3 is 0 Å². The molecule has 0 fully saturated rings. The van der Waals surface area contributed by atoms with Gasteiger partial charge in [0.2, 0.25) is 5.82 Å². The van der Waals surface area contributed by atoms with Crippen LogP contribution in [0.25, 0.3) is 5.78 Å². The minimum atomic E-state index is -0.405. The third-order valence-electron chi connectivity index (χ3n) is 2.95. The second-order valence-electron chi connectivity index (χ2n) is 4.74. The van der Waals surface area contributed by atoms with E-state index in [4.69, 9.17) is 0 Å². The van der Waals surface area contributed by atoms with Gasteiger partial charge in [-0.2, -0.15) is 4.98 Å². The number of fused-ring (bicyclic) bond motifs is 1. The molecule has 0 aliphatic rings. The fraction of sp³-hybridized carbons (Fsp3) is 0.500. The van der Waals surface area contributed by atoms with Gasteiger partial charge in [0.25, 0.3) is 11.7 Å². The molecule has 2 aromatic rings. The van der Waals surface area contributed by atoms with E-state index in [9.17, 15) is 9.90 Å². The van der Waals surface area contributed by atoms with Gasteiger partial charge in [0.15, 0.2) is 0 Å². The Morgan fingerprint density at radius 1 is 1.53 bits per heavy atom. The van der Waals surface area contributed by atoms with Crippen molar-refractivity contribution in [2.45, 2.75) is 26.8 Å². The zero-order valence-electron chi connectivity index (χ0n) is 11.2. The van der Waals surface area contributed by atoms with Crippen LogP contribution in [0.3, 0.4) is 0 Å². The fourth-order valence-corrected chi connectivity index (χ4v) is 1.66. The molecule has 0 bridgehead atoms. The van der Waals surface area contributed by atoms with Crippen LogP contribution in [-0.4, -0.2) is 43.2 Å². The van der Waals surface area contributed by atoms with E-state index in [0.29, 0.717) is 5.78 Å². The molecule has 19 heavy (non-hydrogen) atoms. The van der Waals surface area contributed by atoms with Crippen molar-refractivity contribution in [2.24, 2.45) is 5.92 Å². The highest BCUT2D eigenvalue weighted by atomic mass is 16.3. The molecule has 0 radical (unpaired) electrons. The molecule has 2 heterocycles. The van der Waals surface area contributed by atoms with Crippen LogP contribution in [0.2, 0.25) is 0 Å². The lowest BCUT2D eigenvalue weighted by atomic mass is 10.1. The normalized spacial score (nSPS) is 12.9. The summed E-state index contributed by atoms with van der Waals surface area (Å²) in [7, 11) is 0. The predicted octanol–water partition coefficient (Wildman–Crippen LogP) is 0.179. The monoisotopic (exact) mass is 263 g/mol. The van der Waals surface area contributed by atoms with Crippen LogP contribution in [0, 0.1) is 12.8 Å². The van der Waals surface area contributed by atoms with E-state index in [1.165, 1.54) is 4.52 Å². The van der Waals surface area contributed by atoms with Crippen LogP contribution in [0.4, 0.5) is 0 Å². The van der Waals surface area contributed by atoms with E-state index in [1.807, 2.05) is 20.8 Å². The molecule has 102 valence electrons. The first-order valence-electron chi connectivity index (χ1n) is 6.13. The molecule has 0 aromatic carbocycles. The largest absolute Gasteiger partial charge is 0.394 e. The molecule has 7 nitrogen and oxygen atoms in total. The first-order valence-corrected chi connectivity index (χ1v) is 6.13. The lowest BCUT2D eigenvalue weighted by molar-refractivity contribution is 0.0886. The number of aliphatic hydroxyl groups excluding tert-OH is 1. The van der Waals surface area contributed by atoms with Gasteiger partial charge < -0.3 is 10.4 Å². The van der Waals surface area contributed by atoms with Gasteiger partial charge in [0.1, 0.15) is 0 Å². The molecule has 2 rings (SSSR count). The van der Waals surface area contributed by atoms with Crippen molar-refractivity contribution < 1.29 is 9.90 Å². The van der Waals surface area contributed by atoms with E-state index >= 15 is 0 Å².